The number of hydrogen-bond donors (Lipinski definition) is 2. The van der Waals surface area contributed by atoms with Crippen molar-refractivity contribution in [2.75, 3.05) is 30.7 Å². The molecule has 0 aromatic carbocycles. The van der Waals surface area contributed by atoms with Crippen molar-refractivity contribution >= 4 is 33.3 Å². The van der Waals surface area contributed by atoms with Crippen LogP contribution in [0.3, 0.4) is 0 Å². The van der Waals surface area contributed by atoms with E-state index in [0.717, 1.165) is 22.6 Å². The molecule has 3 N–H and O–H groups in total. The van der Waals surface area contributed by atoms with Gasteiger partial charge in [0.05, 0.1) is 5.39 Å². The number of nitrogens with one attached hydrogen (secondary N) is 1. The number of thiophene rings is 1. The molecule has 0 aliphatic carbocycles. The topological polar surface area (TPSA) is 67.1 Å². The number of likely N-dealkylation sites (tertiary alicyclic amines) is 1. The summed E-state index contributed by atoms with van der Waals surface area (Å²) in [5.41, 5.74) is 5.75. The van der Waals surface area contributed by atoms with Crippen LogP contribution in [-0.4, -0.2) is 40.5 Å². The van der Waals surface area contributed by atoms with E-state index in [0.29, 0.717) is 12.0 Å². The second-order valence-electron chi connectivity index (χ2n) is 5.04. The Hall–Kier alpha value is -1.40. The van der Waals surface area contributed by atoms with Crippen LogP contribution in [0.5, 0.6) is 0 Å². The number of fused-ring (bicyclic) bond motifs is 1. The summed E-state index contributed by atoms with van der Waals surface area (Å²) in [6, 6.07) is 2.56. The monoisotopic (exact) mass is 277 g/mol. The fourth-order valence-corrected chi connectivity index (χ4v) is 3.33. The summed E-state index contributed by atoms with van der Waals surface area (Å²) in [4.78, 5) is 12.0. The van der Waals surface area contributed by atoms with E-state index in [1.807, 2.05) is 11.4 Å². The maximum Gasteiger partial charge on any atom is 0.223 e. The zero-order valence-electron chi connectivity index (χ0n) is 11.1. The zero-order chi connectivity index (χ0) is 13.2. The van der Waals surface area contributed by atoms with Gasteiger partial charge >= 0.3 is 0 Å². The number of nitrogens with two attached hydrogens (primary N) is 1. The third kappa shape index (κ3) is 2.64. The molecule has 1 saturated heterocycles. The maximum atomic E-state index is 5.75. The van der Waals surface area contributed by atoms with Crippen molar-refractivity contribution in [3.8, 4) is 0 Å². The fourth-order valence-electron chi connectivity index (χ4n) is 2.56. The van der Waals surface area contributed by atoms with E-state index < -0.39 is 0 Å². The van der Waals surface area contributed by atoms with Crippen LogP contribution in [0.15, 0.2) is 11.4 Å². The van der Waals surface area contributed by atoms with Crippen molar-refractivity contribution in [3.05, 3.63) is 11.4 Å². The van der Waals surface area contributed by atoms with E-state index in [2.05, 4.69) is 27.1 Å². The summed E-state index contributed by atoms with van der Waals surface area (Å²) in [6.45, 7) is 5.57. The molecule has 1 fully saturated rings. The van der Waals surface area contributed by atoms with E-state index in [9.17, 15) is 0 Å². The van der Waals surface area contributed by atoms with Gasteiger partial charge in [-0.3, -0.25) is 4.90 Å². The van der Waals surface area contributed by atoms with Gasteiger partial charge in [-0.2, -0.15) is 4.98 Å². The molecule has 1 aliphatic rings. The zero-order valence-corrected chi connectivity index (χ0v) is 11.9. The minimum Gasteiger partial charge on any atom is -0.368 e. The Labute approximate surface area is 116 Å². The van der Waals surface area contributed by atoms with Gasteiger partial charge in [-0.05, 0) is 44.3 Å². The molecule has 1 atom stereocenters. The van der Waals surface area contributed by atoms with Crippen molar-refractivity contribution in [3.63, 3.8) is 0 Å². The van der Waals surface area contributed by atoms with Crippen molar-refractivity contribution in [1.29, 1.82) is 0 Å². The lowest BCUT2D eigenvalue weighted by Crippen LogP contribution is -2.35. The predicted octanol–water partition coefficient (Wildman–Crippen LogP) is 2.17. The Morgan fingerprint density at radius 1 is 1.42 bits per heavy atom. The minimum atomic E-state index is 0.339. The van der Waals surface area contributed by atoms with Crippen LogP contribution in [0.4, 0.5) is 11.8 Å². The second-order valence-corrected chi connectivity index (χ2v) is 5.94. The Bertz CT molecular complexity index is 561. The van der Waals surface area contributed by atoms with Crippen LogP contribution in [-0.2, 0) is 0 Å². The van der Waals surface area contributed by atoms with Crippen LogP contribution in [0, 0.1) is 0 Å². The number of hydrogen-bond acceptors (Lipinski definition) is 6. The molecule has 1 unspecified atom stereocenters. The Balaban J connectivity index is 1.72. The second kappa shape index (κ2) is 5.30. The van der Waals surface area contributed by atoms with Crippen LogP contribution in [0.25, 0.3) is 10.2 Å². The molecular weight excluding hydrogens is 258 g/mol. The quantitative estimate of drug-likeness (QED) is 0.896. The van der Waals surface area contributed by atoms with Crippen LogP contribution >= 0.6 is 11.3 Å². The normalized spacial score (nSPS) is 17.9. The first-order valence-corrected chi connectivity index (χ1v) is 7.60. The molecule has 0 saturated carbocycles. The van der Waals surface area contributed by atoms with Crippen LogP contribution in [0.2, 0.25) is 0 Å². The van der Waals surface area contributed by atoms with E-state index in [4.69, 9.17) is 5.73 Å². The van der Waals surface area contributed by atoms with Gasteiger partial charge in [0.2, 0.25) is 5.95 Å². The lowest BCUT2D eigenvalue weighted by Gasteiger charge is -2.24. The van der Waals surface area contributed by atoms with Crippen molar-refractivity contribution in [2.45, 2.75) is 25.8 Å². The molecule has 0 spiro atoms. The summed E-state index contributed by atoms with van der Waals surface area (Å²) >= 11 is 1.59. The number of rotatable bonds is 4. The summed E-state index contributed by atoms with van der Waals surface area (Å²) < 4.78 is 0. The molecular formula is C13H19N5S. The van der Waals surface area contributed by atoms with E-state index in [-0.39, 0.29) is 0 Å². The van der Waals surface area contributed by atoms with Crippen LogP contribution < -0.4 is 11.1 Å². The summed E-state index contributed by atoms with van der Waals surface area (Å²) in [6.07, 6.45) is 2.64. The van der Waals surface area contributed by atoms with Gasteiger partial charge in [0, 0.05) is 12.6 Å². The van der Waals surface area contributed by atoms with Gasteiger partial charge in [-0.1, -0.05) is 0 Å². The maximum absolute atomic E-state index is 5.75. The summed E-state index contributed by atoms with van der Waals surface area (Å²) in [7, 11) is 0. The van der Waals surface area contributed by atoms with Gasteiger partial charge in [0.15, 0.2) is 0 Å². The highest BCUT2D eigenvalue weighted by Gasteiger charge is 2.18. The highest BCUT2D eigenvalue weighted by atomic mass is 32.1. The average molecular weight is 277 g/mol. The number of nitrogens with zero attached hydrogens (tertiary/aromatic N) is 3. The van der Waals surface area contributed by atoms with Gasteiger partial charge in [-0.25, -0.2) is 4.98 Å². The first kappa shape index (κ1) is 12.6. The molecule has 3 heterocycles. The molecule has 102 valence electrons. The van der Waals surface area contributed by atoms with Crippen molar-refractivity contribution in [2.24, 2.45) is 0 Å². The molecule has 2 aromatic heterocycles. The van der Waals surface area contributed by atoms with E-state index in [1.165, 1.54) is 25.9 Å². The molecule has 6 heteroatoms. The first-order valence-electron chi connectivity index (χ1n) is 6.72. The molecule has 0 radical (unpaired) electrons. The first-order chi connectivity index (χ1) is 9.24. The molecule has 0 amide bonds. The minimum absolute atomic E-state index is 0.339. The van der Waals surface area contributed by atoms with Gasteiger partial charge in [-0.15, -0.1) is 11.3 Å². The third-order valence-corrected chi connectivity index (χ3v) is 4.48. The third-order valence-electron chi connectivity index (χ3n) is 3.67. The van der Waals surface area contributed by atoms with Crippen molar-refractivity contribution in [1.82, 2.24) is 14.9 Å². The average Bonchev–Trinajstić information content (AvgIpc) is 3.05. The Kier molecular flexibility index (Phi) is 3.52. The smallest absolute Gasteiger partial charge is 0.223 e. The predicted molar refractivity (Wildman–Crippen MR) is 80.6 cm³/mol. The van der Waals surface area contributed by atoms with E-state index in [1.54, 1.807) is 11.3 Å². The lowest BCUT2D eigenvalue weighted by atomic mass is 10.3. The lowest BCUT2D eigenvalue weighted by molar-refractivity contribution is 0.269. The molecule has 19 heavy (non-hydrogen) atoms. The highest BCUT2D eigenvalue weighted by molar-refractivity contribution is 7.16. The number of nitrogen functional groups attached to an aromatic ring is 1. The van der Waals surface area contributed by atoms with Crippen molar-refractivity contribution < 1.29 is 0 Å². The molecule has 1 aliphatic heterocycles. The van der Waals surface area contributed by atoms with Crippen LogP contribution in [0.1, 0.15) is 19.8 Å². The number of anilines is 2. The van der Waals surface area contributed by atoms with Gasteiger partial charge in [0.1, 0.15) is 10.6 Å². The SMILES string of the molecule is CC(CNc1nc(N)nc2sccc12)N1CCCC1. The molecule has 5 nitrogen and oxygen atoms in total. The van der Waals surface area contributed by atoms with E-state index >= 15 is 0 Å². The Morgan fingerprint density at radius 2 is 2.21 bits per heavy atom. The number of aromatic nitrogens is 2. The molecule has 3 rings (SSSR count). The summed E-state index contributed by atoms with van der Waals surface area (Å²) in [5.74, 6) is 1.20. The van der Waals surface area contributed by atoms with Gasteiger partial charge < -0.3 is 11.1 Å². The highest BCUT2D eigenvalue weighted by Crippen LogP contribution is 2.25. The largest absolute Gasteiger partial charge is 0.368 e. The fraction of sp³-hybridized carbons (Fsp3) is 0.538. The van der Waals surface area contributed by atoms with Gasteiger partial charge in [0.25, 0.3) is 0 Å². The Morgan fingerprint density at radius 3 is 3.00 bits per heavy atom. The molecule has 0 bridgehead atoms. The standard InChI is InChI=1S/C13H19N5S/c1-9(18-5-2-3-6-18)8-15-11-10-4-7-19-12(10)17-13(14)16-11/h4,7,9H,2-3,5-6,8H2,1H3,(H3,14,15,16,17). The summed E-state index contributed by atoms with van der Waals surface area (Å²) in [5, 5.41) is 6.51. The molecule has 2 aromatic rings.